The van der Waals surface area contributed by atoms with Gasteiger partial charge in [0, 0.05) is 50.4 Å². The first-order valence-electron chi connectivity index (χ1n) is 8.89. The number of fused-ring (bicyclic) bond motifs is 1. The molecule has 7 nitrogen and oxygen atoms in total. The number of nitrogens with one attached hydrogen (secondary N) is 1. The second-order valence-corrected chi connectivity index (χ2v) is 6.82. The first kappa shape index (κ1) is 16.4. The van der Waals surface area contributed by atoms with Gasteiger partial charge in [-0.25, -0.2) is 4.98 Å². The number of aryl methyl sites for hydroxylation is 2. The lowest BCUT2D eigenvalue weighted by Gasteiger charge is -2.27. The van der Waals surface area contributed by atoms with Crippen molar-refractivity contribution >= 4 is 5.91 Å². The third kappa shape index (κ3) is 3.62. The van der Waals surface area contributed by atoms with Crippen molar-refractivity contribution in [1.82, 2.24) is 19.8 Å². The van der Waals surface area contributed by atoms with Crippen molar-refractivity contribution < 1.29 is 13.9 Å². The van der Waals surface area contributed by atoms with E-state index in [1.807, 2.05) is 19.2 Å². The summed E-state index contributed by atoms with van der Waals surface area (Å²) in [4.78, 5) is 19.5. The molecule has 0 spiro atoms. The van der Waals surface area contributed by atoms with Crippen LogP contribution >= 0.6 is 0 Å². The quantitative estimate of drug-likeness (QED) is 0.907. The Hall–Kier alpha value is -2.12. The number of furan rings is 1. The van der Waals surface area contributed by atoms with Gasteiger partial charge in [0.05, 0.1) is 25.2 Å². The monoisotopic (exact) mass is 344 g/mol. The number of carbonyl (C=O) groups is 1. The Balaban J connectivity index is 1.39. The second-order valence-electron chi connectivity index (χ2n) is 6.82. The first-order valence-corrected chi connectivity index (χ1v) is 8.89. The van der Waals surface area contributed by atoms with E-state index in [0.29, 0.717) is 5.76 Å². The van der Waals surface area contributed by atoms with Crippen LogP contribution in [-0.4, -0.2) is 52.7 Å². The van der Waals surface area contributed by atoms with Gasteiger partial charge in [0.1, 0.15) is 5.82 Å². The maximum atomic E-state index is 12.7. The minimum atomic E-state index is -0.126. The lowest BCUT2D eigenvalue weighted by Crippen LogP contribution is -2.41. The number of morpholine rings is 1. The number of nitrogens with zero attached hydrogens (tertiary/aromatic N) is 3. The van der Waals surface area contributed by atoms with Crippen LogP contribution < -0.4 is 5.32 Å². The molecule has 134 valence electrons. The molecule has 4 heterocycles. The zero-order valence-corrected chi connectivity index (χ0v) is 14.5. The molecule has 2 aliphatic rings. The number of amides is 1. The fourth-order valence-electron chi connectivity index (χ4n) is 3.61. The highest BCUT2D eigenvalue weighted by Crippen LogP contribution is 2.18. The first-order chi connectivity index (χ1) is 12.2. The van der Waals surface area contributed by atoms with Crippen LogP contribution in [0, 0.1) is 6.92 Å². The van der Waals surface area contributed by atoms with Crippen LogP contribution in [0.15, 0.2) is 22.9 Å². The minimum absolute atomic E-state index is 0.106. The van der Waals surface area contributed by atoms with Crippen LogP contribution in [0.5, 0.6) is 0 Å². The van der Waals surface area contributed by atoms with Gasteiger partial charge in [-0.2, -0.15) is 0 Å². The van der Waals surface area contributed by atoms with E-state index in [2.05, 4.69) is 19.8 Å². The minimum Gasteiger partial charge on any atom is -0.459 e. The molecular formula is C18H24N4O3. The molecule has 4 rings (SSSR count). The molecule has 1 unspecified atom stereocenters. The van der Waals surface area contributed by atoms with Gasteiger partial charge < -0.3 is 19.0 Å². The summed E-state index contributed by atoms with van der Waals surface area (Å²) in [6.07, 6.45) is 5.44. The highest BCUT2D eigenvalue weighted by Gasteiger charge is 2.25. The zero-order valence-electron chi connectivity index (χ0n) is 14.5. The van der Waals surface area contributed by atoms with Gasteiger partial charge in [-0.3, -0.25) is 9.69 Å². The summed E-state index contributed by atoms with van der Waals surface area (Å²) in [6.45, 7) is 6.75. The number of hydrogen-bond donors (Lipinski definition) is 1. The summed E-state index contributed by atoms with van der Waals surface area (Å²) >= 11 is 0. The van der Waals surface area contributed by atoms with Gasteiger partial charge >= 0.3 is 0 Å². The molecule has 1 fully saturated rings. The van der Waals surface area contributed by atoms with Crippen LogP contribution in [-0.2, 0) is 24.2 Å². The highest BCUT2D eigenvalue weighted by molar-refractivity contribution is 5.93. The lowest BCUT2D eigenvalue weighted by molar-refractivity contribution is 0.0339. The SMILES string of the molecule is Cc1cn2c(n1)CCC(NC(=O)c1occc1CN1CCOCC1)C2. The maximum absolute atomic E-state index is 12.7. The van der Waals surface area contributed by atoms with Crippen molar-refractivity contribution in [3.8, 4) is 0 Å². The molecule has 1 N–H and O–H groups in total. The topological polar surface area (TPSA) is 72.5 Å². The van der Waals surface area contributed by atoms with E-state index in [4.69, 9.17) is 9.15 Å². The number of rotatable bonds is 4. The van der Waals surface area contributed by atoms with Crippen molar-refractivity contribution in [1.29, 1.82) is 0 Å². The summed E-state index contributed by atoms with van der Waals surface area (Å²) in [5, 5.41) is 3.12. The van der Waals surface area contributed by atoms with Crippen LogP contribution in [0.1, 0.15) is 34.1 Å². The largest absolute Gasteiger partial charge is 0.459 e. The van der Waals surface area contributed by atoms with Gasteiger partial charge in [-0.05, 0) is 19.4 Å². The summed E-state index contributed by atoms with van der Waals surface area (Å²) in [7, 11) is 0. The normalized spacial score (nSPS) is 21.1. The van der Waals surface area contributed by atoms with E-state index in [0.717, 1.165) is 69.3 Å². The molecular weight excluding hydrogens is 320 g/mol. The molecule has 1 amide bonds. The van der Waals surface area contributed by atoms with Crippen LogP contribution in [0.25, 0.3) is 0 Å². The van der Waals surface area contributed by atoms with Crippen molar-refractivity contribution in [3.05, 3.63) is 41.4 Å². The third-order valence-corrected chi connectivity index (χ3v) is 4.90. The Labute approximate surface area is 147 Å². The summed E-state index contributed by atoms with van der Waals surface area (Å²) in [5.74, 6) is 1.41. The van der Waals surface area contributed by atoms with Crippen LogP contribution in [0.4, 0.5) is 0 Å². The van der Waals surface area contributed by atoms with Crippen LogP contribution in [0.2, 0.25) is 0 Å². The fourth-order valence-corrected chi connectivity index (χ4v) is 3.61. The molecule has 2 aromatic rings. The Kier molecular flexibility index (Phi) is 4.59. The van der Waals surface area contributed by atoms with E-state index in [9.17, 15) is 4.79 Å². The Morgan fingerprint density at radius 1 is 1.40 bits per heavy atom. The molecule has 0 aliphatic carbocycles. The van der Waals surface area contributed by atoms with E-state index in [1.54, 1.807) is 6.26 Å². The Morgan fingerprint density at radius 3 is 3.08 bits per heavy atom. The van der Waals surface area contributed by atoms with Gasteiger partial charge in [0.15, 0.2) is 5.76 Å². The highest BCUT2D eigenvalue weighted by atomic mass is 16.5. The van der Waals surface area contributed by atoms with E-state index < -0.39 is 0 Å². The molecule has 2 aliphatic heterocycles. The number of imidazole rings is 1. The van der Waals surface area contributed by atoms with E-state index in [1.165, 1.54) is 0 Å². The molecule has 0 saturated carbocycles. The predicted octanol–water partition coefficient (Wildman–Crippen LogP) is 1.36. The van der Waals surface area contributed by atoms with Crippen molar-refractivity contribution in [2.75, 3.05) is 26.3 Å². The summed E-state index contributed by atoms with van der Waals surface area (Å²) in [6, 6.07) is 2.00. The molecule has 1 atom stereocenters. The Bertz CT molecular complexity index is 745. The van der Waals surface area contributed by atoms with Crippen molar-refractivity contribution in [2.24, 2.45) is 0 Å². The number of hydrogen-bond acceptors (Lipinski definition) is 5. The predicted molar refractivity (Wildman–Crippen MR) is 91.3 cm³/mol. The molecule has 1 saturated heterocycles. The standard InChI is InChI=1S/C18H24N4O3/c1-13-10-22-12-15(2-3-16(22)19-13)20-18(23)17-14(4-7-25-17)11-21-5-8-24-9-6-21/h4,7,10,15H,2-3,5-6,8-9,11-12H2,1H3,(H,20,23). The van der Waals surface area contributed by atoms with Gasteiger partial charge in [-0.1, -0.05) is 0 Å². The average Bonchev–Trinajstić information content (AvgIpc) is 3.21. The van der Waals surface area contributed by atoms with Crippen molar-refractivity contribution in [3.63, 3.8) is 0 Å². The summed E-state index contributed by atoms with van der Waals surface area (Å²) < 4.78 is 13.0. The maximum Gasteiger partial charge on any atom is 0.287 e. The summed E-state index contributed by atoms with van der Waals surface area (Å²) in [5.41, 5.74) is 1.97. The third-order valence-electron chi connectivity index (χ3n) is 4.90. The van der Waals surface area contributed by atoms with Gasteiger partial charge in [0.2, 0.25) is 0 Å². The number of aromatic nitrogens is 2. The molecule has 2 aromatic heterocycles. The number of carbonyl (C=O) groups excluding carboxylic acids is 1. The van der Waals surface area contributed by atoms with Crippen molar-refractivity contribution in [2.45, 2.75) is 38.9 Å². The smallest absolute Gasteiger partial charge is 0.287 e. The van der Waals surface area contributed by atoms with Gasteiger partial charge in [-0.15, -0.1) is 0 Å². The lowest BCUT2D eigenvalue weighted by atomic mass is 10.1. The van der Waals surface area contributed by atoms with E-state index in [-0.39, 0.29) is 11.9 Å². The Morgan fingerprint density at radius 2 is 2.24 bits per heavy atom. The molecule has 0 aromatic carbocycles. The molecule has 0 radical (unpaired) electrons. The number of ether oxygens (including phenoxy) is 1. The van der Waals surface area contributed by atoms with Crippen LogP contribution in [0.3, 0.4) is 0 Å². The fraction of sp³-hybridized carbons (Fsp3) is 0.556. The second kappa shape index (κ2) is 7.01. The average molecular weight is 344 g/mol. The molecule has 25 heavy (non-hydrogen) atoms. The van der Waals surface area contributed by atoms with Gasteiger partial charge in [0.25, 0.3) is 5.91 Å². The molecule has 7 heteroatoms. The molecule has 0 bridgehead atoms. The zero-order chi connectivity index (χ0) is 17.2. The van der Waals surface area contributed by atoms with E-state index >= 15 is 0 Å².